The smallest absolute Gasteiger partial charge is 0.339 e. The Bertz CT molecular complexity index is 971. The molecule has 1 amide bonds. The largest absolute Gasteiger partial charge is 0.481 e. The van der Waals surface area contributed by atoms with Crippen molar-refractivity contribution in [2.24, 2.45) is 11.8 Å². The first kappa shape index (κ1) is 20.9. The van der Waals surface area contributed by atoms with Gasteiger partial charge < -0.3 is 19.6 Å². The van der Waals surface area contributed by atoms with Gasteiger partial charge in [0.2, 0.25) is 0 Å². The summed E-state index contributed by atoms with van der Waals surface area (Å²) in [5, 5.41) is 12.8. The first-order valence-corrected chi connectivity index (χ1v) is 9.97. The third-order valence-corrected chi connectivity index (χ3v) is 5.87. The molecule has 7 heteroatoms. The molecule has 1 unspecified atom stereocenters. The Morgan fingerprint density at radius 1 is 1.21 bits per heavy atom. The van der Waals surface area contributed by atoms with Gasteiger partial charge in [-0.05, 0) is 70.1 Å². The van der Waals surface area contributed by atoms with Gasteiger partial charge in [-0.3, -0.25) is 9.59 Å². The fourth-order valence-electron chi connectivity index (χ4n) is 3.76. The zero-order valence-corrected chi connectivity index (χ0v) is 17.0. The first-order chi connectivity index (χ1) is 13.8. The number of carbonyl (C=O) groups excluding carboxylic acids is 1. The van der Waals surface area contributed by atoms with Gasteiger partial charge in [0, 0.05) is 23.6 Å². The van der Waals surface area contributed by atoms with E-state index in [-0.39, 0.29) is 17.5 Å². The molecule has 2 aromatic rings. The van der Waals surface area contributed by atoms with E-state index in [9.17, 15) is 14.4 Å². The fraction of sp³-hybridized carbons (Fsp3) is 0.500. The number of aliphatic carboxylic acids is 1. The monoisotopic (exact) mass is 401 g/mol. The summed E-state index contributed by atoms with van der Waals surface area (Å²) < 4.78 is 11.1. The Balaban J connectivity index is 1.56. The maximum atomic E-state index is 12.4. The summed E-state index contributed by atoms with van der Waals surface area (Å²) in [6, 6.07) is 5.20. The Hall–Kier alpha value is -2.83. The van der Waals surface area contributed by atoms with Crippen LogP contribution in [0.1, 0.15) is 43.7 Å². The molecule has 1 heterocycles. The molecule has 2 N–H and O–H groups in total. The van der Waals surface area contributed by atoms with Gasteiger partial charge in [-0.2, -0.15) is 0 Å². The minimum Gasteiger partial charge on any atom is -0.481 e. The van der Waals surface area contributed by atoms with E-state index in [0.717, 1.165) is 23.8 Å². The van der Waals surface area contributed by atoms with Crippen LogP contribution in [-0.4, -0.2) is 29.6 Å². The highest BCUT2D eigenvalue weighted by atomic mass is 16.5. The molecule has 1 aromatic carbocycles. The lowest BCUT2D eigenvalue weighted by Gasteiger charge is -2.26. The number of hydrogen-bond donors (Lipinski definition) is 2. The van der Waals surface area contributed by atoms with Crippen LogP contribution in [0.3, 0.4) is 0 Å². The number of benzene rings is 1. The molecule has 1 aromatic heterocycles. The molecule has 0 spiro atoms. The number of aryl methyl sites for hydroxylation is 1. The summed E-state index contributed by atoms with van der Waals surface area (Å²) >= 11 is 0. The quantitative estimate of drug-likeness (QED) is 0.720. The van der Waals surface area contributed by atoms with E-state index in [1.807, 2.05) is 13.0 Å². The lowest BCUT2D eigenvalue weighted by atomic mass is 9.82. The third-order valence-electron chi connectivity index (χ3n) is 5.87. The number of carboxylic acids is 1. The van der Waals surface area contributed by atoms with Crippen LogP contribution in [0.15, 0.2) is 27.4 Å². The normalized spacial score (nSPS) is 20.2. The Morgan fingerprint density at radius 3 is 2.55 bits per heavy atom. The third kappa shape index (κ3) is 4.78. The second-order valence-electron chi connectivity index (χ2n) is 7.86. The molecule has 156 valence electrons. The molecule has 1 atom stereocenters. The molecule has 1 aliphatic rings. The first-order valence-electron chi connectivity index (χ1n) is 9.97. The summed E-state index contributed by atoms with van der Waals surface area (Å²) in [4.78, 5) is 35.3. The van der Waals surface area contributed by atoms with Gasteiger partial charge in [0.15, 0.2) is 6.10 Å². The van der Waals surface area contributed by atoms with Crippen LogP contribution in [-0.2, 0) is 9.59 Å². The van der Waals surface area contributed by atoms with Crippen molar-refractivity contribution in [1.82, 2.24) is 5.32 Å². The summed E-state index contributed by atoms with van der Waals surface area (Å²) in [6.45, 7) is 5.78. The second-order valence-corrected chi connectivity index (χ2v) is 7.86. The van der Waals surface area contributed by atoms with Crippen LogP contribution in [0.2, 0.25) is 0 Å². The predicted molar refractivity (Wildman–Crippen MR) is 108 cm³/mol. The van der Waals surface area contributed by atoms with Crippen LogP contribution in [0.4, 0.5) is 0 Å². The zero-order valence-electron chi connectivity index (χ0n) is 17.0. The van der Waals surface area contributed by atoms with Gasteiger partial charge in [0.25, 0.3) is 5.91 Å². The molecule has 1 aliphatic carbocycles. The average molecular weight is 401 g/mol. The average Bonchev–Trinajstić information content (AvgIpc) is 2.70. The van der Waals surface area contributed by atoms with Crippen molar-refractivity contribution in [3.8, 4) is 5.75 Å². The van der Waals surface area contributed by atoms with E-state index in [4.69, 9.17) is 14.3 Å². The Morgan fingerprint density at radius 2 is 1.90 bits per heavy atom. The van der Waals surface area contributed by atoms with Crippen LogP contribution in [0.25, 0.3) is 11.0 Å². The molecule has 1 saturated carbocycles. The number of hydrogen-bond acceptors (Lipinski definition) is 5. The van der Waals surface area contributed by atoms with Crippen LogP contribution >= 0.6 is 0 Å². The molecule has 0 radical (unpaired) electrons. The standard InChI is InChI=1S/C22H27NO6/c1-12-13(2)22(27)29-19-10-17(8-9-18(12)19)28-14(3)20(24)23-11-15-4-6-16(7-5-15)21(25)26/h8-10,14-16H,4-7,11H2,1-3H3,(H,23,24)(H,25,26). The molecular formula is C22H27NO6. The topological polar surface area (TPSA) is 106 Å². The molecule has 1 fully saturated rings. The maximum absolute atomic E-state index is 12.4. The fourth-order valence-corrected chi connectivity index (χ4v) is 3.76. The summed E-state index contributed by atoms with van der Waals surface area (Å²) in [5.74, 6) is -0.473. The zero-order chi connectivity index (χ0) is 21.1. The van der Waals surface area contributed by atoms with Gasteiger partial charge in [-0.1, -0.05) is 0 Å². The van der Waals surface area contributed by atoms with E-state index in [1.54, 1.807) is 26.0 Å². The molecule has 29 heavy (non-hydrogen) atoms. The highest BCUT2D eigenvalue weighted by Crippen LogP contribution is 2.28. The molecule has 7 nitrogen and oxygen atoms in total. The van der Waals surface area contributed by atoms with Crippen molar-refractivity contribution >= 4 is 22.8 Å². The van der Waals surface area contributed by atoms with Crippen molar-refractivity contribution < 1.29 is 23.8 Å². The minimum absolute atomic E-state index is 0.230. The molecule has 0 saturated heterocycles. The number of amides is 1. The number of nitrogens with one attached hydrogen (secondary N) is 1. The van der Waals surface area contributed by atoms with E-state index in [2.05, 4.69) is 5.32 Å². The SMILES string of the molecule is Cc1c(C)c2ccc(OC(C)C(=O)NCC3CCC(C(=O)O)CC3)cc2oc1=O. The van der Waals surface area contributed by atoms with E-state index in [1.165, 1.54) is 0 Å². The number of rotatable bonds is 6. The lowest BCUT2D eigenvalue weighted by Crippen LogP contribution is -2.39. The van der Waals surface area contributed by atoms with Gasteiger partial charge in [0.05, 0.1) is 5.92 Å². The highest BCUT2D eigenvalue weighted by molar-refractivity contribution is 5.83. The minimum atomic E-state index is -0.730. The van der Waals surface area contributed by atoms with E-state index < -0.39 is 12.1 Å². The Kier molecular flexibility index (Phi) is 6.25. The molecule has 0 bridgehead atoms. The maximum Gasteiger partial charge on any atom is 0.339 e. The van der Waals surface area contributed by atoms with Crippen molar-refractivity contribution in [2.45, 2.75) is 52.6 Å². The highest BCUT2D eigenvalue weighted by Gasteiger charge is 2.26. The van der Waals surface area contributed by atoms with E-state index in [0.29, 0.717) is 42.2 Å². The van der Waals surface area contributed by atoms with Gasteiger partial charge >= 0.3 is 11.6 Å². The lowest BCUT2D eigenvalue weighted by molar-refractivity contribution is -0.143. The van der Waals surface area contributed by atoms with Gasteiger partial charge in [0.1, 0.15) is 11.3 Å². The summed E-state index contributed by atoms with van der Waals surface area (Å²) in [6.07, 6.45) is 2.21. The second kappa shape index (κ2) is 8.68. The molecular weight excluding hydrogens is 374 g/mol. The molecule has 3 rings (SSSR count). The van der Waals surface area contributed by atoms with Crippen molar-refractivity contribution in [3.05, 3.63) is 39.7 Å². The molecule has 0 aliphatic heterocycles. The van der Waals surface area contributed by atoms with Gasteiger partial charge in [-0.25, -0.2) is 4.79 Å². The summed E-state index contributed by atoms with van der Waals surface area (Å²) in [7, 11) is 0. The van der Waals surface area contributed by atoms with Crippen molar-refractivity contribution in [1.29, 1.82) is 0 Å². The van der Waals surface area contributed by atoms with Crippen LogP contribution in [0, 0.1) is 25.7 Å². The van der Waals surface area contributed by atoms with Crippen molar-refractivity contribution in [3.63, 3.8) is 0 Å². The Labute approximate surface area is 169 Å². The van der Waals surface area contributed by atoms with E-state index >= 15 is 0 Å². The number of fused-ring (bicyclic) bond motifs is 1. The van der Waals surface area contributed by atoms with Gasteiger partial charge in [-0.15, -0.1) is 0 Å². The number of carbonyl (C=O) groups is 2. The van der Waals surface area contributed by atoms with Crippen molar-refractivity contribution in [2.75, 3.05) is 6.54 Å². The van der Waals surface area contributed by atoms with Crippen LogP contribution < -0.4 is 15.7 Å². The summed E-state index contributed by atoms with van der Waals surface area (Å²) in [5.41, 5.74) is 1.50. The number of carboxylic acid groups (broad SMARTS) is 1. The number of ether oxygens (including phenoxy) is 1. The predicted octanol–water partition coefficient (Wildman–Crippen LogP) is 3.18. The van der Waals surface area contributed by atoms with Crippen LogP contribution in [0.5, 0.6) is 5.75 Å².